The molecule has 1 unspecified atom stereocenters. The lowest BCUT2D eigenvalue weighted by molar-refractivity contribution is 0.763. The number of aromatic amines is 1. The number of nitrogens with one attached hydrogen (secondary N) is 3. The molecule has 0 fully saturated rings. The number of anilines is 2. The first-order valence-corrected chi connectivity index (χ1v) is 4.04. The third kappa shape index (κ3) is 1.35. The molecule has 70 valence electrons. The maximum absolute atomic E-state index is 11.4. The van der Waals surface area contributed by atoms with E-state index >= 15 is 0 Å². The summed E-state index contributed by atoms with van der Waals surface area (Å²) in [5.74, 6) is 1.10. The lowest BCUT2D eigenvalue weighted by Crippen LogP contribution is -2.42. The van der Waals surface area contributed by atoms with Crippen molar-refractivity contribution in [2.24, 2.45) is 5.73 Å². The zero-order valence-electron chi connectivity index (χ0n) is 7.22. The van der Waals surface area contributed by atoms with E-state index in [1.165, 1.54) is 0 Å². The summed E-state index contributed by atoms with van der Waals surface area (Å²) in [7, 11) is 0. The number of aryl methyl sites for hydroxylation is 1. The molecule has 1 aliphatic heterocycles. The minimum absolute atomic E-state index is 0.165. The Morgan fingerprint density at radius 3 is 3.15 bits per heavy atom. The summed E-state index contributed by atoms with van der Waals surface area (Å²) in [6.07, 6.45) is -0.193. The highest BCUT2D eigenvalue weighted by Gasteiger charge is 2.17. The van der Waals surface area contributed by atoms with Crippen molar-refractivity contribution in [2.45, 2.75) is 13.1 Å². The van der Waals surface area contributed by atoms with Gasteiger partial charge in [-0.15, -0.1) is 0 Å². The molecule has 0 radical (unpaired) electrons. The van der Waals surface area contributed by atoms with Crippen LogP contribution in [-0.2, 0) is 0 Å². The highest BCUT2D eigenvalue weighted by molar-refractivity contribution is 5.65. The van der Waals surface area contributed by atoms with Crippen LogP contribution in [0.1, 0.15) is 5.82 Å². The van der Waals surface area contributed by atoms with E-state index in [0.29, 0.717) is 23.9 Å². The van der Waals surface area contributed by atoms with Crippen molar-refractivity contribution >= 4 is 11.5 Å². The summed E-state index contributed by atoms with van der Waals surface area (Å²) in [5.41, 5.74) is 5.92. The topological polar surface area (TPSA) is 95.8 Å². The van der Waals surface area contributed by atoms with Crippen molar-refractivity contribution < 1.29 is 0 Å². The molecular formula is C7H11N5O. The Labute approximate surface area is 74.6 Å². The molecule has 0 saturated carbocycles. The number of aromatic nitrogens is 2. The highest BCUT2D eigenvalue weighted by Crippen LogP contribution is 2.16. The van der Waals surface area contributed by atoms with Crippen molar-refractivity contribution in [3.63, 3.8) is 0 Å². The van der Waals surface area contributed by atoms with Crippen LogP contribution in [0.4, 0.5) is 11.5 Å². The number of hydrogen-bond acceptors (Lipinski definition) is 5. The zero-order chi connectivity index (χ0) is 9.42. The van der Waals surface area contributed by atoms with Gasteiger partial charge >= 0.3 is 0 Å². The molecule has 1 aliphatic rings. The van der Waals surface area contributed by atoms with E-state index in [1.807, 2.05) is 0 Å². The molecule has 5 N–H and O–H groups in total. The Morgan fingerprint density at radius 2 is 2.38 bits per heavy atom. The summed E-state index contributed by atoms with van der Waals surface area (Å²) < 4.78 is 0. The minimum atomic E-state index is -0.193. The smallest absolute Gasteiger partial charge is 0.276 e. The van der Waals surface area contributed by atoms with E-state index in [-0.39, 0.29) is 11.7 Å². The largest absolute Gasteiger partial charge is 0.374 e. The van der Waals surface area contributed by atoms with Gasteiger partial charge in [0.25, 0.3) is 5.56 Å². The zero-order valence-corrected chi connectivity index (χ0v) is 7.22. The Morgan fingerprint density at radius 1 is 1.62 bits per heavy atom. The van der Waals surface area contributed by atoms with Gasteiger partial charge in [0.05, 0.1) is 6.17 Å². The summed E-state index contributed by atoms with van der Waals surface area (Å²) >= 11 is 0. The first kappa shape index (κ1) is 8.06. The molecule has 1 aromatic rings. The third-order valence-electron chi connectivity index (χ3n) is 1.86. The minimum Gasteiger partial charge on any atom is -0.374 e. The van der Waals surface area contributed by atoms with Crippen molar-refractivity contribution in [3.05, 3.63) is 16.2 Å². The standard InChI is InChI=1S/C7H11N5O/c1-3-10-6-5(7(13)11-3)9-2-4(8)12-6/h4,9H,2,8H2,1H3,(H2,10,11,12,13). The normalized spacial score (nSPS) is 20.0. The van der Waals surface area contributed by atoms with Crippen LogP contribution >= 0.6 is 0 Å². The number of H-pyrrole nitrogens is 1. The van der Waals surface area contributed by atoms with Crippen LogP contribution in [0, 0.1) is 6.92 Å². The van der Waals surface area contributed by atoms with Gasteiger partial charge in [-0.25, -0.2) is 4.98 Å². The number of fused-ring (bicyclic) bond motifs is 1. The Balaban J connectivity index is 2.53. The Hall–Kier alpha value is -1.56. The second kappa shape index (κ2) is 2.74. The molecule has 0 aliphatic carbocycles. The van der Waals surface area contributed by atoms with Gasteiger partial charge in [0.1, 0.15) is 11.5 Å². The van der Waals surface area contributed by atoms with E-state index in [0.717, 1.165) is 0 Å². The van der Waals surface area contributed by atoms with Gasteiger partial charge in [-0.2, -0.15) is 0 Å². The lowest BCUT2D eigenvalue weighted by Gasteiger charge is -2.23. The summed E-state index contributed by atoms with van der Waals surface area (Å²) in [5, 5.41) is 5.84. The van der Waals surface area contributed by atoms with Gasteiger partial charge in [0.2, 0.25) is 0 Å². The SMILES string of the molecule is Cc1nc2c(c(=O)[nH]1)NCC(N)N2. The first-order valence-electron chi connectivity index (χ1n) is 4.04. The highest BCUT2D eigenvalue weighted by atomic mass is 16.1. The molecule has 6 nitrogen and oxygen atoms in total. The fraction of sp³-hybridized carbons (Fsp3) is 0.429. The summed E-state index contributed by atoms with van der Waals surface area (Å²) in [4.78, 5) is 18.1. The molecule has 2 rings (SSSR count). The maximum Gasteiger partial charge on any atom is 0.276 e. The number of hydrogen-bond donors (Lipinski definition) is 4. The molecule has 13 heavy (non-hydrogen) atoms. The predicted molar refractivity (Wildman–Crippen MR) is 49.7 cm³/mol. The Kier molecular flexibility index (Phi) is 1.70. The number of nitrogens with two attached hydrogens (primary N) is 1. The molecule has 1 aromatic heterocycles. The molecule has 0 amide bonds. The molecule has 0 spiro atoms. The van der Waals surface area contributed by atoms with Crippen LogP contribution in [-0.4, -0.2) is 22.7 Å². The van der Waals surface area contributed by atoms with Gasteiger partial charge in [-0.1, -0.05) is 0 Å². The fourth-order valence-electron chi connectivity index (χ4n) is 1.29. The molecular weight excluding hydrogens is 170 g/mol. The number of rotatable bonds is 0. The molecule has 0 aromatic carbocycles. The average molecular weight is 181 g/mol. The van der Waals surface area contributed by atoms with Gasteiger partial charge < -0.3 is 21.4 Å². The van der Waals surface area contributed by atoms with Crippen molar-refractivity contribution in [2.75, 3.05) is 17.2 Å². The average Bonchev–Trinajstić information content (AvgIpc) is 2.02. The predicted octanol–water partition coefficient (Wildman–Crippen LogP) is -0.799. The molecule has 0 saturated heterocycles. The first-order chi connectivity index (χ1) is 6.16. The van der Waals surface area contributed by atoms with E-state index in [1.54, 1.807) is 6.92 Å². The van der Waals surface area contributed by atoms with Crippen molar-refractivity contribution in [1.29, 1.82) is 0 Å². The molecule has 1 atom stereocenters. The van der Waals surface area contributed by atoms with Gasteiger partial charge in [-0.3, -0.25) is 4.79 Å². The number of nitrogens with zero attached hydrogens (tertiary/aromatic N) is 1. The van der Waals surface area contributed by atoms with Crippen molar-refractivity contribution in [1.82, 2.24) is 9.97 Å². The van der Waals surface area contributed by atoms with Crippen LogP contribution in [0.5, 0.6) is 0 Å². The van der Waals surface area contributed by atoms with E-state index < -0.39 is 0 Å². The maximum atomic E-state index is 11.4. The molecule has 2 heterocycles. The van der Waals surface area contributed by atoms with Crippen LogP contribution in [0.25, 0.3) is 0 Å². The van der Waals surface area contributed by atoms with E-state index in [4.69, 9.17) is 5.73 Å². The van der Waals surface area contributed by atoms with E-state index in [2.05, 4.69) is 20.6 Å². The lowest BCUT2D eigenvalue weighted by atomic mass is 10.3. The van der Waals surface area contributed by atoms with Crippen LogP contribution in [0.3, 0.4) is 0 Å². The molecule has 0 bridgehead atoms. The van der Waals surface area contributed by atoms with Crippen LogP contribution in [0.2, 0.25) is 0 Å². The van der Waals surface area contributed by atoms with Gasteiger partial charge in [0.15, 0.2) is 5.82 Å². The Bertz CT molecular complexity index is 385. The van der Waals surface area contributed by atoms with Gasteiger partial charge in [0, 0.05) is 6.54 Å². The monoisotopic (exact) mass is 181 g/mol. The molecule has 6 heteroatoms. The second-order valence-electron chi connectivity index (χ2n) is 3.01. The van der Waals surface area contributed by atoms with E-state index in [9.17, 15) is 4.79 Å². The van der Waals surface area contributed by atoms with Crippen molar-refractivity contribution in [3.8, 4) is 0 Å². The fourth-order valence-corrected chi connectivity index (χ4v) is 1.29. The summed E-state index contributed by atoms with van der Waals surface area (Å²) in [6, 6.07) is 0. The van der Waals surface area contributed by atoms with Gasteiger partial charge in [-0.05, 0) is 6.92 Å². The summed E-state index contributed by atoms with van der Waals surface area (Å²) in [6.45, 7) is 2.25. The third-order valence-corrected chi connectivity index (χ3v) is 1.86. The second-order valence-corrected chi connectivity index (χ2v) is 3.01. The van der Waals surface area contributed by atoms with Crippen LogP contribution in [0.15, 0.2) is 4.79 Å². The van der Waals surface area contributed by atoms with Crippen LogP contribution < -0.4 is 21.9 Å². The quantitative estimate of drug-likeness (QED) is 0.420.